The summed E-state index contributed by atoms with van der Waals surface area (Å²) < 4.78 is 0. The molecule has 0 radical (unpaired) electrons. The molecule has 0 aromatic heterocycles. The van der Waals surface area contributed by atoms with Gasteiger partial charge in [0.15, 0.2) is 0 Å². The van der Waals surface area contributed by atoms with Gasteiger partial charge in [-0.2, -0.15) is 0 Å². The zero-order valence-corrected chi connectivity index (χ0v) is 12.8. The lowest BCUT2D eigenvalue weighted by atomic mass is 9.88. The lowest BCUT2D eigenvalue weighted by Gasteiger charge is -2.23. The molecule has 0 aliphatic rings. The highest BCUT2D eigenvalue weighted by molar-refractivity contribution is 6.33. The summed E-state index contributed by atoms with van der Waals surface area (Å²) in [6.07, 6.45) is 5.60. The van der Waals surface area contributed by atoms with Crippen molar-refractivity contribution in [3.05, 3.63) is 33.8 Å². The molecule has 0 spiro atoms. The standard InChI is InChI=1S/C15H23Cl2N/c1-3-5-6-11(4-2)15(18)10-12-9-13(16)7-8-14(12)17/h7-9,11,15H,3-6,10,18H2,1-2H3. The molecule has 2 unspecified atom stereocenters. The van der Waals surface area contributed by atoms with E-state index in [1.165, 1.54) is 19.3 Å². The molecule has 1 aromatic carbocycles. The number of benzene rings is 1. The van der Waals surface area contributed by atoms with Gasteiger partial charge in [-0.3, -0.25) is 0 Å². The van der Waals surface area contributed by atoms with Gasteiger partial charge in [-0.25, -0.2) is 0 Å². The topological polar surface area (TPSA) is 26.0 Å². The maximum Gasteiger partial charge on any atom is 0.0439 e. The van der Waals surface area contributed by atoms with Crippen LogP contribution in [-0.4, -0.2) is 6.04 Å². The van der Waals surface area contributed by atoms with Gasteiger partial charge in [-0.15, -0.1) is 0 Å². The van der Waals surface area contributed by atoms with Gasteiger partial charge >= 0.3 is 0 Å². The Hall–Kier alpha value is -0.240. The summed E-state index contributed by atoms with van der Waals surface area (Å²) >= 11 is 12.2. The van der Waals surface area contributed by atoms with Gasteiger partial charge in [0.2, 0.25) is 0 Å². The third-order valence-electron chi connectivity index (χ3n) is 3.52. The predicted octanol–water partition coefficient (Wildman–Crippen LogP) is 5.08. The Labute approximate surface area is 121 Å². The van der Waals surface area contributed by atoms with E-state index >= 15 is 0 Å². The summed E-state index contributed by atoms with van der Waals surface area (Å²) in [5, 5.41) is 1.49. The molecule has 0 saturated heterocycles. The molecule has 102 valence electrons. The van der Waals surface area contributed by atoms with E-state index in [-0.39, 0.29) is 6.04 Å². The first-order valence-corrected chi connectivity index (χ1v) is 7.53. The maximum atomic E-state index is 6.32. The number of rotatable bonds is 7. The number of hydrogen-bond acceptors (Lipinski definition) is 1. The first-order valence-electron chi connectivity index (χ1n) is 6.78. The van der Waals surface area contributed by atoms with Gasteiger partial charge in [0.25, 0.3) is 0 Å². The van der Waals surface area contributed by atoms with Crippen molar-refractivity contribution in [1.29, 1.82) is 0 Å². The summed E-state index contributed by atoms with van der Waals surface area (Å²) in [5.74, 6) is 0.569. The largest absolute Gasteiger partial charge is 0.327 e. The van der Waals surface area contributed by atoms with Crippen LogP contribution in [-0.2, 0) is 6.42 Å². The van der Waals surface area contributed by atoms with Gasteiger partial charge in [0.1, 0.15) is 0 Å². The second kappa shape index (κ2) is 8.04. The van der Waals surface area contributed by atoms with Crippen LogP contribution in [0.15, 0.2) is 18.2 Å². The van der Waals surface area contributed by atoms with E-state index in [1.807, 2.05) is 18.2 Å². The van der Waals surface area contributed by atoms with E-state index < -0.39 is 0 Å². The zero-order chi connectivity index (χ0) is 13.5. The molecule has 2 atom stereocenters. The average molecular weight is 288 g/mol. The lowest BCUT2D eigenvalue weighted by Crippen LogP contribution is -2.32. The second-order valence-electron chi connectivity index (χ2n) is 4.91. The van der Waals surface area contributed by atoms with E-state index in [1.54, 1.807) is 0 Å². The molecule has 0 amide bonds. The minimum Gasteiger partial charge on any atom is -0.327 e. The number of nitrogens with two attached hydrogens (primary N) is 1. The van der Waals surface area contributed by atoms with Crippen LogP contribution < -0.4 is 5.73 Å². The third-order valence-corrected chi connectivity index (χ3v) is 4.13. The molecule has 3 heteroatoms. The monoisotopic (exact) mass is 287 g/mol. The van der Waals surface area contributed by atoms with Crippen molar-refractivity contribution < 1.29 is 0 Å². The molecule has 0 fully saturated rings. The first kappa shape index (κ1) is 15.8. The van der Waals surface area contributed by atoms with Crippen LogP contribution >= 0.6 is 23.2 Å². The smallest absolute Gasteiger partial charge is 0.0439 e. The van der Waals surface area contributed by atoms with Crippen molar-refractivity contribution >= 4 is 23.2 Å². The van der Waals surface area contributed by atoms with E-state index in [0.29, 0.717) is 5.92 Å². The van der Waals surface area contributed by atoms with Crippen LogP contribution in [0, 0.1) is 5.92 Å². The van der Waals surface area contributed by atoms with Crippen LogP contribution in [0.2, 0.25) is 10.0 Å². The van der Waals surface area contributed by atoms with Gasteiger partial charge in [-0.05, 0) is 42.5 Å². The molecule has 2 N–H and O–H groups in total. The molecule has 0 heterocycles. The summed E-state index contributed by atoms with van der Waals surface area (Å²) in [7, 11) is 0. The van der Waals surface area contributed by atoms with Crippen LogP contribution in [0.5, 0.6) is 0 Å². The van der Waals surface area contributed by atoms with Crippen molar-refractivity contribution in [3.63, 3.8) is 0 Å². The minimum absolute atomic E-state index is 0.164. The lowest BCUT2D eigenvalue weighted by molar-refractivity contribution is 0.369. The fourth-order valence-corrected chi connectivity index (χ4v) is 2.70. The van der Waals surface area contributed by atoms with Gasteiger partial charge in [0.05, 0.1) is 0 Å². The predicted molar refractivity (Wildman–Crippen MR) is 81.4 cm³/mol. The molecular formula is C15H23Cl2N. The fraction of sp³-hybridized carbons (Fsp3) is 0.600. The van der Waals surface area contributed by atoms with Crippen LogP contribution in [0.4, 0.5) is 0 Å². The third kappa shape index (κ3) is 4.79. The quantitative estimate of drug-likeness (QED) is 0.744. The second-order valence-corrected chi connectivity index (χ2v) is 5.76. The van der Waals surface area contributed by atoms with Crippen molar-refractivity contribution in [2.24, 2.45) is 11.7 Å². The van der Waals surface area contributed by atoms with Crippen LogP contribution in [0.1, 0.15) is 45.1 Å². The molecule has 0 bridgehead atoms. The summed E-state index contributed by atoms with van der Waals surface area (Å²) in [4.78, 5) is 0. The number of hydrogen-bond donors (Lipinski definition) is 1. The van der Waals surface area contributed by atoms with E-state index in [2.05, 4.69) is 13.8 Å². The Kier molecular flexibility index (Phi) is 7.06. The summed E-state index contributed by atoms with van der Waals surface area (Å²) in [6.45, 7) is 4.42. The van der Waals surface area contributed by atoms with E-state index in [0.717, 1.165) is 28.5 Å². The maximum absolute atomic E-state index is 6.32. The molecule has 1 rings (SSSR count). The first-order chi connectivity index (χ1) is 8.58. The summed E-state index contributed by atoms with van der Waals surface area (Å²) in [5.41, 5.74) is 7.38. The Morgan fingerprint density at radius 3 is 2.56 bits per heavy atom. The number of halogens is 2. The van der Waals surface area contributed by atoms with Crippen molar-refractivity contribution in [2.45, 2.75) is 52.0 Å². The van der Waals surface area contributed by atoms with E-state index in [4.69, 9.17) is 28.9 Å². The molecular weight excluding hydrogens is 265 g/mol. The van der Waals surface area contributed by atoms with E-state index in [9.17, 15) is 0 Å². The average Bonchev–Trinajstić information content (AvgIpc) is 2.35. The van der Waals surface area contributed by atoms with Crippen LogP contribution in [0.25, 0.3) is 0 Å². The normalized spacial score (nSPS) is 14.5. The zero-order valence-electron chi connectivity index (χ0n) is 11.3. The highest BCUT2D eigenvalue weighted by atomic mass is 35.5. The Bertz CT molecular complexity index is 366. The molecule has 0 aliphatic heterocycles. The highest BCUT2D eigenvalue weighted by Gasteiger charge is 2.17. The molecule has 18 heavy (non-hydrogen) atoms. The Balaban J connectivity index is 2.66. The highest BCUT2D eigenvalue weighted by Crippen LogP contribution is 2.25. The van der Waals surface area contributed by atoms with Gasteiger partial charge < -0.3 is 5.73 Å². The molecule has 0 aliphatic carbocycles. The van der Waals surface area contributed by atoms with Gasteiger partial charge in [0, 0.05) is 16.1 Å². The van der Waals surface area contributed by atoms with Gasteiger partial charge in [-0.1, -0.05) is 56.3 Å². The fourth-order valence-electron chi connectivity index (χ4n) is 2.31. The Morgan fingerprint density at radius 2 is 1.94 bits per heavy atom. The molecule has 0 saturated carbocycles. The summed E-state index contributed by atoms with van der Waals surface area (Å²) in [6, 6.07) is 5.75. The minimum atomic E-state index is 0.164. The SMILES string of the molecule is CCCCC(CC)C(N)Cc1cc(Cl)ccc1Cl. The van der Waals surface area contributed by atoms with Crippen molar-refractivity contribution in [1.82, 2.24) is 0 Å². The molecule has 1 nitrogen and oxygen atoms in total. The number of unbranched alkanes of at least 4 members (excludes halogenated alkanes) is 1. The van der Waals surface area contributed by atoms with Crippen LogP contribution in [0.3, 0.4) is 0 Å². The van der Waals surface area contributed by atoms with Crippen molar-refractivity contribution in [2.75, 3.05) is 0 Å². The Morgan fingerprint density at radius 1 is 1.22 bits per heavy atom. The molecule has 1 aromatic rings. The van der Waals surface area contributed by atoms with Crippen molar-refractivity contribution in [3.8, 4) is 0 Å².